The van der Waals surface area contributed by atoms with Crippen molar-refractivity contribution >= 4 is 5.91 Å². The van der Waals surface area contributed by atoms with Gasteiger partial charge in [0.25, 0.3) is 0 Å². The minimum atomic E-state index is -0.0134. The Hall–Kier alpha value is -1.95. The smallest absolute Gasteiger partial charge is 0.234 e. The molecule has 0 aliphatic rings. The SMILES string of the molecule is CCN(CC)CC(=O)NCc1cc(OC)c(OC)cc1OC. The molecule has 0 saturated heterocycles. The van der Waals surface area contributed by atoms with Gasteiger partial charge in [0.1, 0.15) is 5.75 Å². The number of methoxy groups -OCH3 is 3. The Balaban J connectivity index is 2.78. The maximum Gasteiger partial charge on any atom is 0.234 e. The quantitative estimate of drug-likeness (QED) is 0.752. The van der Waals surface area contributed by atoms with E-state index in [-0.39, 0.29) is 5.91 Å². The summed E-state index contributed by atoms with van der Waals surface area (Å²) in [6.45, 7) is 6.54. The first kappa shape index (κ1) is 18.1. The van der Waals surface area contributed by atoms with E-state index in [4.69, 9.17) is 14.2 Å². The topological polar surface area (TPSA) is 60.0 Å². The van der Waals surface area contributed by atoms with Gasteiger partial charge in [-0.05, 0) is 19.2 Å². The van der Waals surface area contributed by atoms with E-state index >= 15 is 0 Å². The number of nitrogens with one attached hydrogen (secondary N) is 1. The summed E-state index contributed by atoms with van der Waals surface area (Å²) in [6, 6.07) is 3.57. The van der Waals surface area contributed by atoms with Crippen molar-refractivity contribution in [2.45, 2.75) is 20.4 Å². The lowest BCUT2D eigenvalue weighted by molar-refractivity contribution is -0.122. The predicted molar refractivity (Wildman–Crippen MR) is 85.7 cm³/mol. The zero-order valence-electron chi connectivity index (χ0n) is 14.1. The van der Waals surface area contributed by atoms with E-state index in [1.807, 2.05) is 19.9 Å². The molecule has 0 heterocycles. The molecule has 1 N–H and O–H groups in total. The molecule has 6 heteroatoms. The first-order valence-electron chi connectivity index (χ1n) is 7.37. The highest BCUT2D eigenvalue weighted by molar-refractivity contribution is 5.78. The summed E-state index contributed by atoms with van der Waals surface area (Å²) in [4.78, 5) is 14.0. The minimum Gasteiger partial charge on any atom is -0.496 e. The van der Waals surface area contributed by atoms with Crippen molar-refractivity contribution in [3.63, 3.8) is 0 Å². The summed E-state index contributed by atoms with van der Waals surface area (Å²) in [5, 5.41) is 2.90. The fraction of sp³-hybridized carbons (Fsp3) is 0.562. The van der Waals surface area contributed by atoms with Gasteiger partial charge in [0.15, 0.2) is 11.5 Å². The van der Waals surface area contributed by atoms with Crippen LogP contribution in [-0.4, -0.2) is 51.8 Å². The molecule has 0 fully saturated rings. The van der Waals surface area contributed by atoms with Crippen molar-refractivity contribution < 1.29 is 19.0 Å². The van der Waals surface area contributed by atoms with Crippen LogP contribution < -0.4 is 19.5 Å². The molecule has 1 aromatic carbocycles. The maximum absolute atomic E-state index is 12.0. The first-order chi connectivity index (χ1) is 10.6. The Labute approximate surface area is 132 Å². The normalized spacial score (nSPS) is 10.5. The van der Waals surface area contributed by atoms with Crippen molar-refractivity contribution in [1.29, 1.82) is 0 Å². The molecule has 0 aromatic heterocycles. The lowest BCUT2D eigenvalue weighted by Gasteiger charge is -2.18. The molecule has 0 atom stereocenters. The lowest BCUT2D eigenvalue weighted by atomic mass is 10.1. The summed E-state index contributed by atoms with van der Waals surface area (Å²) < 4.78 is 15.9. The second-order valence-corrected chi connectivity index (χ2v) is 4.76. The fourth-order valence-corrected chi connectivity index (χ4v) is 2.13. The number of nitrogens with zero attached hydrogens (tertiary/aromatic N) is 1. The molecular weight excluding hydrogens is 284 g/mol. The van der Waals surface area contributed by atoms with Crippen molar-refractivity contribution in [3.8, 4) is 17.2 Å². The Morgan fingerprint density at radius 3 is 2.05 bits per heavy atom. The highest BCUT2D eigenvalue weighted by atomic mass is 16.5. The van der Waals surface area contributed by atoms with E-state index in [0.29, 0.717) is 30.3 Å². The van der Waals surface area contributed by atoms with E-state index in [0.717, 1.165) is 18.7 Å². The number of amides is 1. The van der Waals surface area contributed by atoms with Crippen LogP contribution in [0, 0.1) is 0 Å². The zero-order chi connectivity index (χ0) is 16.5. The summed E-state index contributed by atoms with van der Waals surface area (Å²) in [6.07, 6.45) is 0. The second kappa shape index (κ2) is 9.15. The third-order valence-electron chi connectivity index (χ3n) is 3.52. The molecule has 0 aliphatic carbocycles. The van der Waals surface area contributed by atoms with Crippen molar-refractivity contribution in [2.24, 2.45) is 0 Å². The van der Waals surface area contributed by atoms with Gasteiger partial charge in [-0.3, -0.25) is 9.69 Å². The molecular formula is C16H26N2O4. The van der Waals surface area contributed by atoms with E-state index in [1.165, 1.54) is 0 Å². The summed E-state index contributed by atoms with van der Waals surface area (Å²) in [5.41, 5.74) is 0.841. The number of ether oxygens (including phenoxy) is 3. The zero-order valence-corrected chi connectivity index (χ0v) is 14.1. The molecule has 0 spiro atoms. The lowest BCUT2D eigenvalue weighted by Crippen LogP contribution is -2.36. The maximum atomic E-state index is 12.0. The van der Waals surface area contributed by atoms with Crippen molar-refractivity contribution in [3.05, 3.63) is 17.7 Å². The Morgan fingerprint density at radius 1 is 1.00 bits per heavy atom. The number of rotatable bonds is 9. The molecule has 0 unspecified atom stereocenters. The van der Waals surface area contributed by atoms with Crippen LogP contribution in [0.15, 0.2) is 12.1 Å². The molecule has 6 nitrogen and oxygen atoms in total. The third-order valence-corrected chi connectivity index (χ3v) is 3.52. The van der Waals surface area contributed by atoms with Crippen LogP contribution >= 0.6 is 0 Å². The monoisotopic (exact) mass is 310 g/mol. The van der Waals surface area contributed by atoms with Crippen molar-refractivity contribution in [1.82, 2.24) is 10.2 Å². The van der Waals surface area contributed by atoms with Gasteiger partial charge in [0.05, 0.1) is 27.9 Å². The van der Waals surface area contributed by atoms with Crippen molar-refractivity contribution in [2.75, 3.05) is 41.0 Å². The summed E-state index contributed by atoms with van der Waals surface area (Å²) >= 11 is 0. The summed E-state index contributed by atoms with van der Waals surface area (Å²) in [7, 11) is 4.73. The van der Waals surface area contributed by atoms with Gasteiger partial charge >= 0.3 is 0 Å². The van der Waals surface area contributed by atoms with Crippen LogP contribution in [0.2, 0.25) is 0 Å². The number of hydrogen-bond acceptors (Lipinski definition) is 5. The standard InChI is InChI=1S/C16H26N2O4/c1-6-18(7-2)11-16(19)17-10-12-8-14(21-4)15(22-5)9-13(12)20-3/h8-9H,6-7,10-11H2,1-5H3,(H,17,19). The third kappa shape index (κ3) is 4.80. The number of carbonyl (C=O) groups excluding carboxylic acids is 1. The molecule has 1 rings (SSSR count). The second-order valence-electron chi connectivity index (χ2n) is 4.76. The molecule has 0 bridgehead atoms. The number of carbonyl (C=O) groups is 1. The Kier molecular flexibility index (Phi) is 7.52. The van der Waals surface area contributed by atoms with Gasteiger partial charge in [-0.15, -0.1) is 0 Å². The first-order valence-corrected chi connectivity index (χ1v) is 7.37. The Morgan fingerprint density at radius 2 is 1.55 bits per heavy atom. The van der Waals surface area contributed by atoms with Crippen LogP contribution in [0.3, 0.4) is 0 Å². The minimum absolute atomic E-state index is 0.0134. The average molecular weight is 310 g/mol. The molecule has 1 aromatic rings. The van der Waals surface area contributed by atoms with Crippen LogP contribution in [-0.2, 0) is 11.3 Å². The highest BCUT2D eigenvalue weighted by Gasteiger charge is 2.13. The molecule has 124 valence electrons. The van der Waals surface area contributed by atoms with Gasteiger partial charge in [-0.2, -0.15) is 0 Å². The number of hydrogen-bond donors (Lipinski definition) is 1. The highest BCUT2D eigenvalue weighted by Crippen LogP contribution is 2.34. The van der Waals surface area contributed by atoms with Crippen LogP contribution in [0.25, 0.3) is 0 Å². The molecule has 0 saturated carbocycles. The van der Waals surface area contributed by atoms with E-state index in [9.17, 15) is 4.79 Å². The Bertz CT molecular complexity index is 487. The van der Waals surface area contributed by atoms with Gasteiger partial charge in [-0.25, -0.2) is 0 Å². The van der Waals surface area contributed by atoms with E-state index < -0.39 is 0 Å². The molecule has 0 radical (unpaired) electrons. The van der Waals surface area contributed by atoms with Gasteiger partial charge in [0.2, 0.25) is 5.91 Å². The molecule has 1 amide bonds. The largest absolute Gasteiger partial charge is 0.496 e. The van der Waals surface area contributed by atoms with Crippen LogP contribution in [0.4, 0.5) is 0 Å². The van der Waals surface area contributed by atoms with E-state index in [2.05, 4.69) is 10.2 Å². The molecule has 0 aliphatic heterocycles. The summed E-state index contributed by atoms with van der Waals surface area (Å²) in [5.74, 6) is 1.84. The average Bonchev–Trinajstić information content (AvgIpc) is 2.56. The van der Waals surface area contributed by atoms with E-state index in [1.54, 1.807) is 27.4 Å². The van der Waals surface area contributed by atoms with Gasteiger partial charge in [0, 0.05) is 18.2 Å². The van der Waals surface area contributed by atoms with Crippen LogP contribution in [0.5, 0.6) is 17.2 Å². The number of likely N-dealkylation sites (N-methyl/N-ethyl adjacent to an activating group) is 1. The fourth-order valence-electron chi connectivity index (χ4n) is 2.13. The van der Waals surface area contributed by atoms with Gasteiger partial charge < -0.3 is 19.5 Å². The predicted octanol–water partition coefficient (Wildman–Crippen LogP) is 1.67. The van der Waals surface area contributed by atoms with Gasteiger partial charge in [-0.1, -0.05) is 13.8 Å². The number of benzene rings is 1. The van der Waals surface area contributed by atoms with Crippen LogP contribution in [0.1, 0.15) is 19.4 Å². The molecule has 22 heavy (non-hydrogen) atoms.